The van der Waals surface area contributed by atoms with Crippen LogP contribution in [-0.4, -0.2) is 34.8 Å². The Morgan fingerprint density at radius 2 is 1.92 bits per heavy atom. The maximum absolute atomic E-state index is 13.6. The van der Waals surface area contributed by atoms with Crippen molar-refractivity contribution in [1.82, 2.24) is 9.88 Å². The maximum atomic E-state index is 13.6. The van der Waals surface area contributed by atoms with Crippen LogP contribution < -0.4 is 5.32 Å². The molecule has 0 saturated heterocycles. The molecule has 1 heterocycles. The molecule has 0 saturated carbocycles. The number of hydrogen-bond donors (Lipinski definition) is 1. The second kappa shape index (κ2) is 7.57. The molecule has 3 aromatic rings. The van der Waals surface area contributed by atoms with Gasteiger partial charge in [0.1, 0.15) is 23.9 Å². The van der Waals surface area contributed by atoms with Crippen molar-refractivity contribution in [3.05, 3.63) is 59.1 Å². The van der Waals surface area contributed by atoms with Crippen molar-refractivity contribution < 1.29 is 18.4 Å². The van der Waals surface area contributed by atoms with Crippen molar-refractivity contribution in [3.63, 3.8) is 0 Å². The number of anilines is 1. The van der Waals surface area contributed by atoms with E-state index in [0.717, 1.165) is 22.3 Å². The van der Waals surface area contributed by atoms with Gasteiger partial charge in [0, 0.05) is 12.1 Å². The average molecular weight is 375 g/mol. The summed E-state index contributed by atoms with van der Waals surface area (Å²) in [5.74, 6) is -2.76. The Bertz CT molecular complexity index is 954. The first-order valence-corrected chi connectivity index (χ1v) is 8.74. The quantitative estimate of drug-likeness (QED) is 0.740. The lowest BCUT2D eigenvalue weighted by Crippen LogP contribution is -2.38. The highest BCUT2D eigenvalue weighted by atomic mass is 32.1. The van der Waals surface area contributed by atoms with Crippen LogP contribution in [0.5, 0.6) is 0 Å². The van der Waals surface area contributed by atoms with E-state index in [1.807, 2.05) is 0 Å². The second-order valence-corrected chi connectivity index (χ2v) is 6.39. The summed E-state index contributed by atoms with van der Waals surface area (Å²) in [7, 11) is 0. The molecular weight excluding hydrogens is 360 g/mol. The fourth-order valence-electron chi connectivity index (χ4n) is 2.47. The molecule has 0 radical (unpaired) electrons. The van der Waals surface area contributed by atoms with Gasteiger partial charge < -0.3 is 10.2 Å². The van der Waals surface area contributed by atoms with Crippen LogP contribution in [-0.2, 0) is 4.79 Å². The molecule has 1 aromatic heterocycles. The summed E-state index contributed by atoms with van der Waals surface area (Å²) in [4.78, 5) is 30.2. The number of thiazole rings is 1. The van der Waals surface area contributed by atoms with Crippen LogP contribution in [0.15, 0.2) is 41.9 Å². The summed E-state index contributed by atoms with van der Waals surface area (Å²) in [6, 6.07) is 8.39. The highest BCUT2D eigenvalue weighted by Gasteiger charge is 2.19. The van der Waals surface area contributed by atoms with Gasteiger partial charge in [0.05, 0.1) is 15.7 Å². The fraction of sp³-hybridized carbons (Fsp3) is 0.167. The number of benzene rings is 2. The third-order valence-electron chi connectivity index (χ3n) is 3.81. The molecular formula is C18H15F2N3O2S. The summed E-state index contributed by atoms with van der Waals surface area (Å²) in [6.07, 6.45) is 0. The molecule has 0 unspecified atom stereocenters. The van der Waals surface area contributed by atoms with Gasteiger partial charge in [0.25, 0.3) is 5.91 Å². The number of likely N-dealkylation sites (N-methyl/N-ethyl adjacent to an activating group) is 1. The van der Waals surface area contributed by atoms with Gasteiger partial charge in [0.2, 0.25) is 5.91 Å². The Morgan fingerprint density at radius 1 is 1.19 bits per heavy atom. The van der Waals surface area contributed by atoms with Crippen molar-refractivity contribution in [2.24, 2.45) is 0 Å². The van der Waals surface area contributed by atoms with Crippen molar-refractivity contribution in [1.29, 1.82) is 0 Å². The Hall–Kier alpha value is -2.87. The Labute approximate surface area is 152 Å². The van der Waals surface area contributed by atoms with Crippen molar-refractivity contribution in [2.45, 2.75) is 6.92 Å². The van der Waals surface area contributed by atoms with Crippen molar-refractivity contribution in [2.75, 3.05) is 18.4 Å². The van der Waals surface area contributed by atoms with E-state index in [1.165, 1.54) is 22.3 Å². The average Bonchev–Trinajstić information content (AvgIpc) is 3.10. The lowest BCUT2D eigenvalue weighted by molar-refractivity contribution is -0.116. The molecule has 0 atom stereocenters. The largest absolute Gasteiger partial charge is 0.330 e. The van der Waals surface area contributed by atoms with E-state index in [0.29, 0.717) is 5.56 Å². The van der Waals surface area contributed by atoms with Crippen LogP contribution in [0.25, 0.3) is 10.2 Å². The predicted molar refractivity (Wildman–Crippen MR) is 96.2 cm³/mol. The zero-order chi connectivity index (χ0) is 18.7. The van der Waals surface area contributed by atoms with Gasteiger partial charge in [-0.05, 0) is 37.3 Å². The normalized spacial score (nSPS) is 10.7. The van der Waals surface area contributed by atoms with Crippen LogP contribution in [0.3, 0.4) is 0 Å². The van der Waals surface area contributed by atoms with E-state index in [4.69, 9.17) is 0 Å². The summed E-state index contributed by atoms with van der Waals surface area (Å²) in [6.45, 7) is 1.68. The third kappa shape index (κ3) is 3.70. The lowest BCUT2D eigenvalue weighted by atomic mass is 10.2. The fourth-order valence-corrected chi connectivity index (χ4v) is 3.18. The molecule has 0 bridgehead atoms. The van der Waals surface area contributed by atoms with Crippen LogP contribution in [0.1, 0.15) is 17.3 Å². The molecule has 0 aliphatic rings. The number of aromatic nitrogens is 1. The summed E-state index contributed by atoms with van der Waals surface area (Å²) in [5, 5.41) is 2.18. The maximum Gasteiger partial charge on any atom is 0.254 e. The van der Waals surface area contributed by atoms with Gasteiger partial charge in [-0.3, -0.25) is 9.59 Å². The molecule has 1 N–H and O–H groups in total. The summed E-state index contributed by atoms with van der Waals surface area (Å²) >= 11 is 1.41. The lowest BCUT2D eigenvalue weighted by Gasteiger charge is -2.20. The first-order chi connectivity index (χ1) is 12.5. The first kappa shape index (κ1) is 17.9. The van der Waals surface area contributed by atoms with E-state index in [1.54, 1.807) is 30.6 Å². The number of nitrogens with zero attached hydrogens (tertiary/aromatic N) is 2. The highest BCUT2D eigenvalue weighted by molar-refractivity contribution is 7.16. The molecule has 5 nitrogen and oxygen atoms in total. The molecule has 2 aromatic carbocycles. The monoisotopic (exact) mass is 375 g/mol. The molecule has 2 amide bonds. The topological polar surface area (TPSA) is 62.3 Å². The minimum atomic E-state index is -0.872. The van der Waals surface area contributed by atoms with Crippen LogP contribution in [0.2, 0.25) is 0 Å². The van der Waals surface area contributed by atoms with E-state index in [-0.39, 0.29) is 19.0 Å². The van der Waals surface area contributed by atoms with Gasteiger partial charge >= 0.3 is 0 Å². The van der Waals surface area contributed by atoms with Crippen molar-refractivity contribution >= 4 is 39.1 Å². The van der Waals surface area contributed by atoms with E-state index >= 15 is 0 Å². The zero-order valence-electron chi connectivity index (χ0n) is 13.8. The van der Waals surface area contributed by atoms with Crippen molar-refractivity contribution in [3.8, 4) is 0 Å². The number of amides is 2. The van der Waals surface area contributed by atoms with E-state index < -0.39 is 23.2 Å². The number of nitrogens with one attached hydrogen (secondary N) is 1. The molecule has 134 valence electrons. The van der Waals surface area contributed by atoms with Crippen LogP contribution in [0, 0.1) is 11.6 Å². The number of hydrogen-bond acceptors (Lipinski definition) is 4. The molecule has 3 rings (SSSR count). The van der Waals surface area contributed by atoms with Gasteiger partial charge in [-0.1, -0.05) is 6.07 Å². The Morgan fingerprint density at radius 3 is 2.62 bits per heavy atom. The van der Waals surface area contributed by atoms with Crippen LogP contribution >= 0.6 is 11.3 Å². The van der Waals surface area contributed by atoms with Gasteiger partial charge in [-0.2, -0.15) is 0 Å². The molecule has 0 aliphatic carbocycles. The number of fused-ring (bicyclic) bond motifs is 1. The number of para-hydroxylation sites is 1. The third-order valence-corrected chi connectivity index (χ3v) is 4.60. The molecule has 26 heavy (non-hydrogen) atoms. The number of halogens is 2. The zero-order valence-corrected chi connectivity index (χ0v) is 14.6. The Balaban J connectivity index is 1.73. The number of carbonyl (C=O) groups is 2. The predicted octanol–water partition coefficient (Wildman–Crippen LogP) is 3.68. The first-order valence-electron chi connectivity index (χ1n) is 7.86. The smallest absolute Gasteiger partial charge is 0.254 e. The summed E-state index contributed by atoms with van der Waals surface area (Å²) < 4.78 is 28.1. The SMILES string of the molecule is CCN(CC(=O)Nc1c(F)cccc1F)C(=O)c1ccc2ncsc2c1. The molecule has 0 aliphatic heterocycles. The number of rotatable bonds is 5. The van der Waals surface area contributed by atoms with Crippen LogP contribution in [0.4, 0.5) is 14.5 Å². The van der Waals surface area contributed by atoms with E-state index in [2.05, 4.69) is 10.3 Å². The minimum Gasteiger partial charge on any atom is -0.330 e. The highest BCUT2D eigenvalue weighted by Crippen LogP contribution is 2.21. The van der Waals surface area contributed by atoms with Gasteiger partial charge in [-0.25, -0.2) is 13.8 Å². The molecule has 0 fully saturated rings. The Kier molecular flexibility index (Phi) is 5.22. The standard InChI is InChI=1S/C18H15F2N3O2S/c1-2-23(9-16(24)22-17-12(19)4-3-5-13(17)20)18(25)11-6-7-14-15(8-11)26-10-21-14/h3-8,10H,2,9H2,1H3,(H,22,24). The molecule has 0 spiro atoms. The second-order valence-electron chi connectivity index (χ2n) is 5.50. The minimum absolute atomic E-state index is 0.271. The molecule has 8 heteroatoms. The van der Waals surface area contributed by atoms with E-state index in [9.17, 15) is 18.4 Å². The number of carbonyl (C=O) groups excluding carboxylic acids is 2. The van der Waals surface area contributed by atoms with Gasteiger partial charge in [0.15, 0.2) is 0 Å². The van der Waals surface area contributed by atoms with Gasteiger partial charge in [-0.15, -0.1) is 11.3 Å². The summed E-state index contributed by atoms with van der Waals surface area (Å²) in [5.41, 5.74) is 2.38.